The van der Waals surface area contributed by atoms with E-state index < -0.39 is 5.97 Å². The average Bonchev–Trinajstić information content (AvgIpc) is 2.78. The van der Waals surface area contributed by atoms with Crippen LogP contribution < -0.4 is 34.3 Å². The Morgan fingerprint density at radius 1 is 0.906 bits per heavy atom. The van der Waals surface area contributed by atoms with Gasteiger partial charge < -0.3 is 25.0 Å². The monoisotopic (exact) mass is 443 g/mol. The van der Waals surface area contributed by atoms with Crippen LogP contribution in [0.15, 0.2) is 72.8 Å². The van der Waals surface area contributed by atoms with E-state index in [4.69, 9.17) is 14.6 Å². The third-order valence-corrected chi connectivity index (χ3v) is 4.99. The van der Waals surface area contributed by atoms with Gasteiger partial charge in [0.05, 0.1) is 5.56 Å². The van der Waals surface area contributed by atoms with E-state index >= 15 is 0 Å². The number of carbonyl (C=O) groups is 2. The van der Waals surface area contributed by atoms with Crippen molar-refractivity contribution in [1.82, 2.24) is 4.90 Å². The van der Waals surface area contributed by atoms with Gasteiger partial charge in [-0.1, -0.05) is 36.4 Å². The molecule has 0 bridgehead atoms. The quantitative estimate of drug-likeness (QED) is 0.602. The first-order valence-electron chi connectivity index (χ1n) is 9.67. The van der Waals surface area contributed by atoms with Gasteiger partial charge in [0.1, 0.15) is 18.1 Å². The van der Waals surface area contributed by atoms with E-state index in [-0.39, 0.29) is 53.3 Å². The molecule has 3 aromatic carbocycles. The van der Waals surface area contributed by atoms with Crippen LogP contribution in [0.1, 0.15) is 27.0 Å². The molecule has 1 aliphatic rings. The van der Waals surface area contributed by atoms with Crippen LogP contribution in [-0.2, 0) is 24.3 Å². The van der Waals surface area contributed by atoms with Gasteiger partial charge in [-0.2, -0.15) is 0 Å². The van der Waals surface area contributed by atoms with Gasteiger partial charge in [0.2, 0.25) is 0 Å². The third-order valence-electron chi connectivity index (χ3n) is 4.99. The van der Waals surface area contributed by atoms with Gasteiger partial charge in [0, 0.05) is 13.1 Å². The second-order valence-corrected chi connectivity index (χ2v) is 7.07. The fourth-order valence-corrected chi connectivity index (χ4v) is 3.37. The molecule has 0 atom stereocenters. The summed E-state index contributed by atoms with van der Waals surface area (Å²) < 4.78 is 11.3. The van der Waals surface area contributed by atoms with Crippen LogP contribution in [0, 0.1) is 0 Å². The van der Waals surface area contributed by atoms with E-state index in [1.807, 2.05) is 48.5 Å². The first-order chi connectivity index (χ1) is 14.6. The number of fused-ring (bicyclic) bond motifs is 1. The SMILES string of the molecule is O=C(O)c1ccc(Oc2ccc3c(c2)CN(C(=O)OCc2ccccc2)CC3)cc1.[Na+].[OH-]. The Morgan fingerprint density at radius 3 is 2.28 bits per heavy atom. The third kappa shape index (κ3) is 6.34. The van der Waals surface area contributed by atoms with Gasteiger partial charge in [0.15, 0.2) is 0 Å². The van der Waals surface area contributed by atoms with Crippen molar-refractivity contribution in [3.63, 3.8) is 0 Å². The molecule has 0 saturated carbocycles. The molecule has 2 N–H and O–H groups in total. The molecule has 1 amide bonds. The molecule has 0 aliphatic carbocycles. The molecule has 0 saturated heterocycles. The first kappa shape index (κ1) is 25.4. The summed E-state index contributed by atoms with van der Waals surface area (Å²) in [5, 5.41) is 8.99. The minimum atomic E-state index is -0.977. The fourth-order valence-electron chi connectivity index (χ4n) is 3.37. The molecule has 0 fully saturated rings. The topological polar surface area (TPSA) is 106 Å². The zero-order chi connectivity index (χ0) is 20.9. The van der Waals surface area contributed by atoms with Crippen molar-refractivity contribution in [2.75, 3.05) is 6.54 Å². The zero-order valence-corrected chi connectivity index (χ0v) is 19.7. The standard InChI is InChI=1S/C24H21NO5.Na.H2O/c26-23(27)19-7-9-21(10-8-19)30-22-11-6-18-12-13-25(15-20(18)14-22)24(28)29-16-17-4-2-1-3-5-17;;/h1-11,14H,12-13,15-16H2,(H,26,27);;1H2/q;+1;/p-1. The minimum absolute atomic E-state index is 0. The number of ether oxygens (including phenoxy) is 2. The van der Waals surface area contributed by atoms with Crippen LogP contribution in [0.25, 0.3) is 0 Å². The van der Waals surface area contributed by atoms with Crippen LogP contribution >= 0.6 is 0 Å². The van der Waals surface area contributed by atoms with Gasteiger partial charge in [-0.3, -0.25) is 0 Å². The minimum Gasteiger partial charge on any atom is -0.870 e. The molecule has 160 valence electrons. The summed E-state index contributed by atoms with van der Waals surface area (Å²) >= 11 is 0. The fraction of sp³-hybridized carbons (Fsp3) is 0.167. The summed E-state index contributed by atoms with van der Waals surface area (Å²) in [6.07, 6.45) is 0.420. The number of benzene rings is 3. The Hall–Kier alpha value is -2.84. The number of hydrogen-bond acceptors (Lipinski definition) is 5. The molecule has 4 rings (SSSR count). The van der Waals surface area contributed by atoms with Crippen molar-refractivity contribution in [3.8, 4) is 11.5 Å². The van der Waals surface area contributed by atoms with E-state index in [0.29, 0.717) is 24.6 Å². The maximum atomic E-state index is 12.5. The van der Waals surface area contributed by atoms with Gasteiger partial charge in [0.25, 0.3) is 0 Å². The van der Waals surface area contributed by atoms with E-state index in [0.717, 1.165) is 17.5 Å². The largest absolute Gasteiger partial charge is 1.00 e. The number of hydrogen-bond donors (Lipinski definition) is 1. The Labute approximate surface area is 208 Å². The van der Waals surface area contributed by atoms with Crippen LogP contribution in [0.2, 0.25) is 0 Å². The van der Waals surface area contributed by atoms with Gasteiger partial charge in [-0.15, -0.1) is 0 Å². The summed E-state index contributed by atoms with van der Waals surface area (Å²) in [6, 6.07) is 21.6. The predicted octanol–water partition coefficient (Wildman–Crippen LogP) is 1.70. The summed E-state index contributed by atoms with van der Waals surface area (Å²) in [5.41, 5.74) is 3.35. The number of carboxylic acids is 1. The van der Waals surface area contributed by atoms with E-state index in [1.165, 1.54) is 17.7 Å². The van der Waals surface area contributed by atoms with Crippen molar-refractivity contribution in [3.05, 3.63) is 95.1 Å². The molecule has 8 heteroatoms. The van der Waals surface area contributed by atoms with E-state index in [9.17, 15) is 9.59 Å². The first-order valence-corrected chi connectivity index (χ1v) is 9.67. The maximum Gasteiger partial charge on any atom is 1.00 e. The molecule has 1 heterocycles. The predicted molar refractivity (Wildman–Crippen MR) is 113 cm³/mol. The molecule has 0 spiro atoms. The van der Waals surface area contributed by atoms with E-state index in [2.05, 4.69) is 0 Å². The van der Waals surface area contributed by atoms with Crippen molar-refractivity contribution in [1.29, 1.82) is 0 Å². The Morgan fingerprint density at radius 2 is 1.59 bits per heavy atom. The Balaban J connectivity index is 0.00000181. The number of carbonyl (C=O) groups excluding carboxylic acids is 1. The van der Waals surface area contributed by atoms with Crippen LogP contribution in [0.3, 0.4) is 0 Å². The molecule has 3 aromatic rings. The van der Waals surface area contributed by atoms with Crippen LogP contribution in [0.4, 0.5) is 4.79 Å². The normalized spacial score (nSPS) is 11.9. The number of nitrogens with zero attached hydrogens (tertiary/aromatic N) is 1. The van der Waals surface area contributed by atoms with Gasteiger partial charge in [-0.25, -0.2) is 9.59 Å². The second-order valence-electron chi connectivity index (χ2n) is 7.07. The molecule has 0 aromatic heterocycles. The summed E-state index contributed by atoms with van der Waals surface area (Å²) in [7, 11) is 0. The summed E-state index contributed by atoms with van der Waals surface area (Å²) in [4.78, 5) is 25.1. The second kappa shape index (κ2) is 11.7. The van der Waals surface area contributed by atoms with Crippen LogP contribution in [-0.4, -0.2) is 34.1 Å². The molecule has 0 unspecified atom stereocenters. The van der Waals surface area contributed by atoms with Crippen molar-refractivity contribution in [2.24, 2.45) is 0 Å². The Kier molecular flexibility index (Phi) is 9.28. The molecular weight excluding hydrogens is 421 g/mol. The molecular formula is C24H22NNaO6. The van der Waals surface area contributed by atoms with Gasteiger partial charge in [-0.05, 0) is 59.5 Å². The summed E-state index contributed by atoms with van der Waals surface area (Å²) in [5.74, 6) is 0.209. The Bertz CT molecular complexity index is 1060. The van der Waals surface area contributed by atoms with Crippen LogP contribution in [0.5, 0.6) is 11.5 Å². The zero-order valence-electron chi connectivity index (χ0n) is 17.7. The summed E-state index contributed by atoms with van der Waals surface area (Å²) in [6.45, 7) is 1.31. The molecule has 0 radical (unpaired) electrons. The molecule has 32 heavy (non-hydrogen) atoms. The van der Waals surface area contributed by atoms with Crippen molar-refractivity contribution < 1.29 is 59.2 Å². The maximum absolute atomic E-state index is 12.5. The number of amides is 1. The van der Waals surface area contributed by atoms with Crippen molar-refractivity contribution in [2.45, 2.75) is 19.6 Å². The number of aromatic carboxylic acids is 1. The van der Waals surface area contributed by atoms with Gasteiger partial charge >= 0.3 is 41.6 Å². The smallest absolute Gasteiger partial charge is 0.870 e. The molecule has 7 nitrogen and oxygen atoms in total. The van der Waals surface area contributed by atoms with E-state index in [1.54, 1.807) is 17.0 Å². The van der Waals surface area contributed by atoms with Crippen molar-refractivity contribution >= 4 is 12.1 Å². The average molecular weight is 443 g/mol. The number of carboxylic acid groups (broad SMARTS) is 1. The molecule has 1 aliphatic heterocycles. The number of rotatable bonds is 5.